The van der Waals surface area contributed by atoms with E-state index in [1.165, 1.54) is 25.1 Å². The van der Waals surface area contributed by atoms with Gasteiger partial charge < -0.3 is 10.6 Å². The number of nitrogens with one attached hydrogen (secondary N) is 2. The number of nitrogens with zero attached hydrogens (tertiary/aromatic N) is 1. The highest BCUT2D eigenvalue weighted by Crippen LogP contribution is 2.30. The zero-order valence-corrected chi connectivity index (χ0v) is 14.1. The molecule has 4 amide bonds. The summed E-state index contributed by atoms with van der Waals surface area (Å²) in [6, 6.07) is 5.02. The molecule has 2 atom stereocenters. The average molecular weight is 335 g/mol. The van der Waals surface area contributed by atoms with Gasteiger partial charge in [0.25, 0.3) is 5.91 Å². The SMILES string of the molecule is CCC[C@@H](C)NC(=O)CN1C(=O)N[C@](C)(c2ccccc2F)C1=O. The molecule has 130 valence electrons. The van der Waals surface area contributed by atoms with Crippen LogP contribution >= 0.6 is 0 Å². The lowest BCUT2D eigenvalue weighted by Gasteiger charge is -2.22. The van der Waals surface area contributed by atoms with Crippen LogP contribution in [-0.2, 0) is 15.1 Å². The van der Waals surface area contributed by atoms with Gasteiger partial charge in [0.1, 0.15) is 17.9 Å². The van der Waals surface area contributed by atoms with Gasteiger partial charge in [0.2, 0.25) is 5.91 Å². The highest BCUT2D eigenvalue weighted by Gasteiger charge is 2.50. The third-order valence-corrected chi connectivity index (χ3v) is 4.12. The molecule has 6 nitrogen and oxygen atoms in total. The van der Waals surface area contributed by atoms with E-state index >= 15 is 0 Å². The van der Waals surface area contributed by atoms with Gasteiger partial charge in [-0.3, -0.25) is 14.5 Å². The number of carbonyl (C=O) groups is 3. The van der Waals surface area contributed by atoms with Crippen LogP contribution in [0.2, 0.25) is 0 Å². The van der Waals surface area contributed by atoms with Crippen molar-refractivity contribution in [3.05, 3.63) is 35.6 Å². The van der Waals surface area contributed by atoms with Gasteiger partial charge >= 0.3 is 6.03 Å². The summed E-state index contributed by atoms with van der Waals surface area (Å²) in [6.45, 7) is 4.91. The van der Waals surface area contributed by atoms with Crippen LogP contribution in [0.4, 0.5) is 9.18 Å². The minimum atomic E-state index is -1.52. The molecule has 0 spiro atoms. The molecule has 7 heteroatoms. The molecule has 0 aromatic heterocycles. The van der Waals surface area contributed by atoms with E-state index in [0.717, 1.165) is 17.7 Å². The number of carbonyl (C=O) groups excluding carboxylic acids is 3. The van der Waals surface area contributed by atoms with Crippen molar-refractivity contribution in [3.63, 3.8) is 0 Å². The third kappa shape index (κ3) is 3.39. The number of rotatable bonds is 6. The minimum Gasteiger partial charge on any atom is -0.352 e. The van der Waals surface area contributed by atoms with E-state index in [1.54, 1.807) is 6.07 Å². The standard InChI is InChI=1S/C17H22FN3O3/c1-4-7-11(2)19-14(22)10-21-15(23)17(3,20-16(21)24)12-8-5-6-9-13(12)18/h5-6,8-9,11H,4,7,10H2,1-3H3,(H,19,22)(H,20,24)/t11-,17-/m1/s1. The van der Waals surface area contributed by atoms with Gasteiger partial charge in [0, 0.05) is 11.6 Å². The largest absolute Gasteiger partial charge is 0.352 e. The number of halogens is 1. The predicted octanol–water partition coefficient (Wildman–Crippen LogP) is 1.90. The van der Waals surface area contributed by atoms with E-state index in [9.17, 15) is 18.8 Å². The lowest BCUT2D eigenvalue weighted by molar-refractivity contribution is -0.135. The predicted molar refractivity (Wildman–Crippen MR) is 86.5 cm³/mol. The van der Waals surface area contributed by atoms with Gasteiger partial charge in [-0.15, -0.1) is 0 Å². The Hall–Kier alpha value is -2.44. The highest BCUT2D eigenvalue weighted by molar-refractivity contribution is 6.09. The Kier molecular flexibility index (Phi) is 5.21. The Morgan fingerprint density at radius 1 is 1.38 bits per heavy atom. The number of hydrogen-bond donors (Lipinski definition) is 2. The van der Waals surface area contributed by atoms with Crippen LogP contribution in [0.5, 0.6) is 0 Å². The molecule has 1 aliphatic heterocycles. The van der Waals surface area contributed by atoms with Gasteiger partial charge in [-0.05, 0) is 26.3 Å². The van der Waals surface area contributed by atoms with Crippen LogP contribution in [0.15, 0.2) is 24.3 Å². The number of urea groups is 1. The quantitative estimate of drug-likeness (QED) is 0.779. The molecule has 1 heterocycles. The second-order valence-electron chi connectivity index (χ2n) is 6.18. The second kappa shape index (κ2) is 6.98. The molecule has 24 heavy (non-hydrogen) atoms. The molecule has 0 aliphatic carbocycles. The molecule has 1 aliphatic rings. The van der Waals surface area contributed by atoms with Gasteiger partial charge in [-0.2, -0.15) is 0 Å². The van der Waals surface area contributed by atoms with Crippen LogP contribution in [-0.4, -0.2) is 35.3 Å². The minimum absolute atomic E-state index is 0.0405. The zero-order valence-electron chi connectivity index (χ0n) is 14.1. The number of imide groups is 1. The topological polar surface area (TPSA) is 78.5 Å². The monoisotopic (exact) mass is 335 g/mol. The normalized spacial score (nSPS) is 21.6. The van der Waals surface area contributed by atoms with Crippen LogP contribution < -0.4 is 10.6 Å². The summed E-state index contributed by atoms with van der Waals surface area (Å²) in [5.74, 6) is -1.65. The van der Waals surface area contributed by atoms with Crippen LogP contribution in [0.25, 0.3) is 0 Å². The fraction of sp³-hybridized carbons (Fsp3) is 0.471. The molecule has 0 bridgehead atoms. The Morgan fingerprint density at radius 3 is 2.67 bits per heavy atom. The molecule has 0 radical (unpaired) electrons. The van der Waals surface area contributed by atoms with E-state index in [-0.39, 0.29) is 18.2 Å². The molecule has 1 fully saturated rings. The van der Waals surface area contributed by atoms with E-state index in [2.05, 4.69) is 10.6 Å². The maximum Gasteiger partial charge on any atom is 0.325 e. The molecule has 2 N–H and O–H groups in total. The summed E-state index contributed by atoms with van der Waals surface area (Å²) in [4.78, 5) is 37.6. The summed E-state index contributed by atoms with van der Waals surface area (Å²) in [7, 11) is 0. The first-order chi connectivity index (χ1) is 11.3. The summed E-state index contributed by atoms with van der Waals surface area (Å²) in [5.41, 5.74) is -1.44. The van der Waals surface area contributed by atoms with E-state index in [0.29, 0.717) is 0 Å². The molecule has 1 saturated heterocycles. The van der Waals surface area contributed by atoms with Crippen molar-refractivity contribution >= 4 is 17.8 Å². The third-order valence-electron chi connectivity index (χ3n) is 4.12. The molecule has 1 aromatic carbocycles. The van der Waals surface area contributed by atoms with Gasteiger partial charge in [0.15, 0.2) is 0 Å². The molecular weight excluding hydrogens is 313 g/mol. The fourth-order valence-electron chi connectivity index (χ4n) is 2.86. The maximum absolute atomic E-state index is 14.0. The Balaban J connectivity index is 2.14. The summed E-state index contributed by atoms with van der Waals surface area (Å²) in [5, 5.41) is 5.23. The van der Waals surface area contributed by atoms with Gasteiger partial charge in [-0.1, -0.05) is 31.5 Å². The van der Waals surface area contributed by atoms with E-state index < -0.39 is 29.2 Å². The fourth-order valence-corrected chi connectivity index (χ4v) is 2.86. The van der Waals surface area contributed by atoms with Crippen molar-refractivity contribution in [3.8, 4) is 0 Å². The summed E-state index contributed by atoms with van der Waals surface area (Å²) < 4.78 is 14.0. The zero-order chi connectivity index (χ0) is 17.9. The first-order valence-corrected chi connectivity index (χ1v) is 7.98. The van der Waals surface area contributed by atoms with E-state index in [4.69, 9.17) is 0 Å². The van der Waals surface area contributed by atoms with Crippen LogP contribution in [0, 0.1) is 5.82 Å². The van der Waals surface area contributed by atoms with Gasteiger partial charge in [-0.25, -0.2) is 9.18 Å². The Bertz CT molecular complexity index is 664. The lowest BCUT2D eigenvalue weighted by atomic mass is 9.91. The lowest BCUT2D eigenvalue weighted by Crippen LogP contribution is -2.45. The Labute approximate surface area is 140 Å². The molecular formula is C17H22FN3O3. The first-order valence-electron chi connectivity index (χ1n) is 7.98. The average Bonchev–Trinajstić information content (AvgIpc) is 2.72. The maximum atomic E-state index is 14.0. The molecule has 1 aromatic rings. The van der Waals surface area contributed by atoms with Gasteiger partial charge in [0.05, 0.1) is 0 Å². The second-order valence-corrected chi connectivity index (χ2v) is 6.18. The van der Waals surface area contributed by atoms with Crippen molar-refractivity contribution in [1.29, 1.82) is 0 Å². The van der Waals surface area contributed by atoms with Crippen molar-refractivity contribution in [2.24, 2.45) is 0 Å². The molecule has 0 saturated carbocycles. The number of benzene rings is 1. The first kappa shape index (κ1) is 17.9. The smallest absolute Gasteiger partial charge is 0.325 e. The highest BCUT2D eigenvalue weighted by atomic mass is 19.1. The van der Waals surface area contributed by atoms with Crippen LogP contribution in [0.3, 0.4) is 0 Å². The van der Waals surface area contributed by atoms with Crippen molar-refractivity contribution < 1.29 is 18.8 Å². The van der Waals surface area contributed by atoms with Crippen molar-refractivity contribution in [2.45, 2.75) is 45.2 Å². The molecule has 2 rings (SSSR count). The molecule has 0 unspecified atom stereocenters. The van der Waals surface area contributed by atoms with Crippen molar-refractivity contribution in [1.82, 2.24) is 15.5 Å². The number of hydrogen-bond acceptors (Lipinski definition) is 3. The van der Waals surface area contributed by atoms with Crippen molar-refractivity contribution in [2.75, 3.05) is 6.54 Å². The number of amides is 4. The van der Waals surface area contributed by atoms with E-state index in [1.807, 2.05) is 13.8 Å². The summed E-state index contributed by atoms with van der Waals surface area (Å²) in [6.07, 6.45) is 1.72. The summed E-state index contributed by atoms with van der Waals surface area (Å²) >= 11 is 0. The van der Waals surface area contributed by atoms with Crippen LogP contribution in [0.1, 0.15) is 39.2 Å². The Morgan fingerprint density at radius 2 is 2.04 bits per heavy atom.